The lowest BCUT2D eigenvalue weighted by Gasteiger charge is -2.19. The molecule has 26 heavy (non-hydrogen) atoms. The highest BCUT2D eigenvalue weighted by Gasteiger charge is 2.45. The molecule has 0 atom stereocenters. The molecule has 0 unspecified atom stereocenters. The smallest absolute Gasteiger partial charge is 0.191 e. The number of halogens is 1. The van der Waals surface area contributed by atoms with E-state index >= 15 is 0 Å². The number of unbranched alkanes of at least 4 members (excludes halogenated alkanes) is 4. The second kappa shape index (κ2) is 10.5. The van der Waals surface area contributed by atoms with Crippen LogP contribution in [0.5, 0.6) is 0 Å². The van der Waals surface area contributed by atoms with Gasteiger partial charge in [-0.1, -0.05) is 37.5 Å². The maximum absolute atomic E-state index is 14.1. The zero-order valence-electron chi connectivity index (χ0n) is 16.7. The van der Waals surface area contributed by atoms with Crippen LogP contribution < -0.4 is 10.6 Å². The standard InChI is InChI=1S/C21H35FN4/c1-23-20(24-15-9-5-4-6-10-16-26(2)3)25-17-21(13-14-21)18-11-7-8-12-19(18)22/h7-8,11-12H,4-6,9-10,13-17H2,1-3H3,(H2,23,24,25). The van der Waals surface area contributed by atoms with Crippen molar-refractivity contribution in [1.82, 2.24) is 15.5 Å². The number of benzene rings is 1. The molecule has 4 nitrogen and oxygen atoms in total. The summed E-state index contributed by atoms with van der Waals surface area (Å²) in [5.41, 5.74) is 0.774. The zero-order chi connectivity index (χ0) is 18.8. The first-order chi connectivity index (χ1) is 12.6. The maximum atomic E-state index is 14.1. The third-order valence-corrected chi connectivity index (χ3v) is 5.19. The van der Waals surface area contributed by atoms with Crippen molar-refractivity contribution >= 4 is 5.96 Å². The Morgan fingerprint density at radius 1 is 1.08 bits per heavy atom. The topological polar surface area (TPSA) is 39.7 Å². The van der Waals surface area contributed by atoms with Crippen LogP contribution in [0.2, 0.25) is 0 Å². The van der Waals surface area contributed by atoms with Crippen molar-refractivity contribution in [2.24, 2.45) is 4.99 Å². The zero-order valence-corrected chi connectivity index (χ0v) is 16.7. The molecule has 1 aliphatic rings. The van der Waals surface area contributed by atoms with E-state index in [1.807, 2.05) is 12.1 Å². The minimum Gasteiger partial charge on any atom is -0.356 e. The van der Waals surface area contributed by atoms with E-state index < -0.39 is 0 Å². The van der Waals surface area contributed by atoms with E-state index in [1.165, 1.54) is 32.2 Å². The number of nitrogens with zero attached hydrogens (tertiary/aromatic N) is 2. The van der Waals surface area contributed by atoms with Gasteiger partial charge in [0.1, 0.15) is 5.82 Å². The van der Waals surface area contributed by atoms with Crippen LogP contribution in [0.25, 0.3) is 0 Å². The monoisotopic (exact) mass is 362 g/mol. The van der Waals surface area contributed by atoms with Crippen LogP contribution in [-0.2, 0) is 5.41 Å². The third-order valence-electron chi connectivity index (χ3n) is 5.19. The Morgan fingerprint density at radius 3 is 2.42 bits per heavy atom. The van der Waals surface area contributed by atoms with Gasteiger partial charge in [0.2, 0.25) is 0 Å². The van der Waals surface area contributed by atoms with Gasteiger partial charge in [-0.2, -0.15) is 0 Å². The Labute approximate surface area is 158 Å². The Morgan fingerprint density at radius 2 is 1.77 bits per heavy atom. The molecule has 0 aromatic heterocycles. The normalized spacial score (nSPS) is 16.0. The molecular formula is C21H35FN4. The van der Waals surface area contributed by atoms with E-state index in [1.54, 1.807) is 19.2 Å². The van der Waals surface area contributed by atoms with Gasteiger partial charge >= 0.3 is 0 Å². The molecule has 0 amide bonds. The number of hydrogen-bond acceptors (Lipinski definition) is 2. The lowest BCUT2D eigenvalue weighted by Crippen LogP contribution is -2.41. The summed E-state index contributed by atoms with van der Waals surface area (Å²) >= 11 is 0. The van der Waals surface area contributed by atoms with Gasteiger partial charge in [0.25, 0.3) is 0 Å². The summed E-state index contributed by atoms with van der Waals surface area (Å²) in [5, 5.41) is 6.77. The third kappa shape index (κ3) is 6.60. The first kappa shape index (κ1) is 20.7. The fourth-order valence-corrected chi connectivity index (χ4v) is 3.35. The predicted octanol–water partition coefficient (Wildman–Crippen LogP) is 3.53. The van der Waals surface area contributed by atoms with Gasteiger partial charge in [-0.05, 0) is 58.0 Å². The van der Waals surface area contributed by atoms with Crippen LogP contribution in [0.1, 0.15) is 50.5 Å². The van der Waals surface area contributed by atoms with Crippen molar-refractivity contribution in [3.8, 4) is 0 Å². The predicted molar refractivity (Wildman–Crippen MR) is 108 cm³/mol. The number of aliphatic imine (C=N–C) groups is 1. The van der Waals surface area contributed by atoms with Crippen LogP contribution in [0.15, 0.2) is 29.3 Å². The highest BCUT2D eigenvalue weighted by Crippen LogP contribution is 2.48. The molecule has 1 aliphatic carbocycles. The summed E-state index contributed by atoms with van der Waals surface area (Å²) in [5.74, 6) is 0.726. The van der Waals surface area contributed by atoms with Crippen molar-refractivity contribution in [3.05, 3.63) is 35.6 Å². The molecule has 1 aromatic carbocycles. The average Bonchev–Trinajstić information content (AvgIpc) is 3.41. The summed E-state index contributed by atoms with van der Waals surface area (Å²) in [4.78, 5) is 6.54. The molecule has 0 saturated heterocycles. The van der Waals surface area contributed by atoms with Gasteiger partial charge in [0.05, 0.1) is 0 Å². The van der Waals surface area contributed by atoms with Crippen LogP contribution in [0, 0.1) is 5.82 Å². The lowest BCUT2D eigenvalue weighted by atomic mass is 9.95. The molecule has 0 heterocycles. The molecule has 0 aliphatic heterocycles. The van der Waals surface area contributed by atoms with Gasteiger partial charge < -0.3 is 15.5 Å². The molecular weight excluding hydrogens is 327 g/mol. The summed E-state index contributed by atoms with van der Waals surface area (Å²) in [6, 6.07) is 7.14. The summed E-state index contributed by atoms with van der Waals surface area (Å²) in [7, 11) is 6.04. The van der Waals surface area contributed by atoms with Gasteiger partial charge in [-0.25, -0.2) is 4.39 Å². The van der Waals surface area contributed by atoms with Gasteiger partial charge in [-0.3, -0.25) is 4.99 Å². The highest BCUT2D eigenvalue weighted by atomic mass is 19.1. The first-order valence-electron chi connectivity index (χ1n) is 9.92. The minimum atomic E-state index is -0.0935. The van der Waals surface area contributed by atoms with Crippen LogP contribution >= 0.6 is 0 Å². The summed E-state index contributed by atoms with van der Waals surface area (Å²) < 4.78 is 14.1. The number of hydrogen-bond donors (Lipinski definition) is 2. The fourth-order valence-electron chi connectivity index (χ4n) is 3.35. The second-order valence-corrected chi connectivity index (χ2v) is 7.68. The number of nitrogens with one attached hydrogen (secondary N) is 2. The summed E-state index contributed by atoms with van der Waals surface area (Å²) in [6.45, 7) is 2.84. The number of guanidine groups is 1. The van der Waals surface area contributed by atoms with Crippen molar-refractivity contribution in [2.45, 2.75) is 50.4 Å². The van der Waals surface area contributed by atoms with E-state index in [0.717, 1.165) is 43.9 Å². The molecule has 1 fully saturated rings. The lowest BCUT2D eigenvalue weighted by molar-refractivity contribution is 0.389. The van der Waals surface area contributed by atoms with Crippen LogP contribution in [-0.4, -0.2) is 51.6 Å². The van der Waals surface area contributed by atoms with E-state index in [2.05, 4.69) is 34.6 Å². The summed E-state index contributed by atoms with van der Waals surface area (Å²) in [6.07, 6.45) is 8.34. The van der Waals surface area contributed by atoms with Crippen LogP contribution in [0.3, 0.4) is 0 Å². The minimum absolute atomic E-state index is 0.0601. The van der Waals surface area contributed by atoms with Crippen molar-refractivity contribution < 1.29 is 4.39 Å². The Bertz CT molecular complexity index is 567. The molecule has 1 aromatic rings. The highest BCUT2D eigenvalue weighted by molar-refractivity contribution is 5.79. The Kier molecular flexibility index (Phi) is 8.36. The molecule has 0 spiro atoms. The largest absolute Gasteiger partial charge is 0.356 e. The van der Waals surface area contributed by atoms with Crippen molar-refractivity contribution in [3.63, 3.8) is 0 Å². The van der Waals surface area contributed by atoms with Crippen LogP contribution in [0.4, 0.5) is 4.39 Å². The number of rotatable bonds is 11. The fraction of sp³-hybridized carbons (Fsp3) is 0.667. The molecule has 2 N–H and O–H groups in total. The molecule has 0 radical (unpaired) electrons. The molecule has 5 heteroatoms. The maximum Gasteiger partial charge on any atom is 0.191 e. The van der Waals surface area contributed by atoms with E-state index in [0.29, 0.717) is 0 Å². The van der Waals surface area contributed by atoms with Crippen molar-refractivity contribution in [1.29, 1.82) is 0 Å². The molecule has 0 bridgehead atoms. The first-order valence-corrected chi connectivity index (χ1v) is 9.92. The Hall–Kier alpha value is -1.62. The van der Waals surface area contributed by atoms with Crippen molar-refractivity contribution in [2.75, 3.05) is 40.8 Å². The SMILES string of the molecule is CN=C(NCCCCCCCN(C)C)NCC1(c2ccccc2F)CC1. The average molecular weight is 363 g/mol. The quantitative estimate of drug-likeness (QED) is 0.359. The molecule has 146 valence electrons. The van der Waals surface area contributed by atoms with Gasteiger partial charge in [-0.15, -0.1) is 0 Å². The molecule has 1 saturated carbocycles. The Balaban J connectivity index is 1.62. The van der Waals surface area contributed by atoms with E-state index in [4.69, 9.17) is 0 Å². The van der Waals surface area contributed by atoms with Gasteiger partial charge in [0, 0.05) is 25.6 Å². The van der Waals surface area contributed by atoms with E-state index in [-0.39, 0.29) is 11.2 Å². The second-order valence-electron chi connectivity index (χ2n) is 7.68. The molecule has 2 rings (SSSR count). The van der Waals surface area contributed by atoms with Gasteiger partial charge in [0.15, 0.2) is 5.96 Å². The van der Waals surface area contributed by atoms with E-state index in [9.17, 15) is 4.39 Å².